The molecule has 2 heterocycles. The minimum atomic E-state index is -3.78. The van der Waals surface area contributed by atoms with Gasteiger partial charge >= 0.3 is 0 Å². The molecule has 8 heteroatoms. The molecule has 0 unspecified atom stereocenters. The second-order valence-electron chi connectivity index (χ2n) is 7.86. The van der Waals surface area contributed by atoms with Gasteiger partial charge in [-0.15, -0.1) is 0 Å². The highest BCUT2D eigenvalue weighted by Gasteiger charge is 2.50. The molecule has 5 rings (SSSR count). The predicted octanol–water partition coefficient (Wildman–Crippen LogP) is 3.46. The Bertz CT molecular complexity index is 1290. The van der Waals surface area contributed by atoms with Gasteiger partial charge in [0.15, 0.2) is 11.5 Å². The van der Waals surface area contributed by atoms with Crippen LogP contribution in [0, 0.1) is 0 Å². The zero-order chi connectivity index (χ0) is 21.6. The van der Waals surface area contributed by atoms with Crippen molar-refractivity contribution in [3.63, 3.8) is 0 Å². The standard InChI is InChI=1S/C23H20N2O5S.2H2/c24-31(27,28)19-3-1-2-15(10-19)16-4-6-18(25-13-16)12-22(26)23(8-9-23)17-5-7-20-21(11-17)30-14-29-20;;/h1-7,10-11,13H,8-9,12,14H2,(H2,24,27,28);2*1H. The van der Waals surface area contributed by atoms with Gasteiger partial charge < -0.3 is 9.47 Å². The molecular formula is C23H24N2O5S. The number of carbonyl (C=O) groups is 1. The quantitative estimate of drug-likeness (QED) is 0.629. The van der Waals surface area contributed by atoms with E-state index >= 15 is 0 Å². The lowest BCUT2D eigenvalue weighted by Crippen LogP contribution is -2.22. The summed E-state index contributed by atoms with van der Waals surface area (Å²) < 4.78 is 34.0. The fourth-order valence-corrected chi connectivity index (χ4v) is 4.49. The number of pyridine rings is 1. The molecule has 2 aromatic carbocycles. The number of fused-ring (bicyclic) bond motifs is 1. The van der Waals surface area contributed by atoms with Crippen LogP contribution in [0.2, 0.25) is 0 Å². The minimum absolute atomic E-state index is 0. The molecule has 2 aliphatic rings. The summed E-state index contributed by atoms with van der Waals surface area (Å²) in [6.45, 7) is 0.204. The van der Waals surface area contributed by atoms with Gasteiger partial charge in [-0.1, -0.05) is 24.3 Å². The van der Waals surface area contributed by atoms with Crippen LogP contribution in [0.5, 0.6) is 11.5 Å². The van der Waals surface area contributed by atoms with E-state index in [1.165, 1.54) is 12.1 Å². The zero-order valence-electron chi connectivity index (χ0n) is 16.6. The van der Waals surface area contributed by atoms with E-state index in [-0.39, 0.29) is 26.7 Å². The molecule has 1 saturated carbocycles. The summed E-state index contributed by atoms with van der Waals surface area (Å²) in [5.41, 5.74) is 2.58. The maximum atomic E-state index is 13.1. The third-order valence-electron chi connectivity index (χ3n) is 5.87. The van der Waals surface area contributed by atoms with Crippen LogP contribution in [-0.4, -0.2) is 26.0 Å². The Labute approximate surface area is 182 Å². The number of ketones is 1. The Hall–Kier alpha value is -3.23. The maximum Gasteiger partial charge on any atom is 0.238 e. The first kappa shape index (κ1) is 19.7. The van der Waals surface area contributed by atoms with Crippen LogP contribution in [0.25, 0.3) is 11.1 Å². The number of rotatable bonds is 6. The van der Waals surface area contributed by atoms with Crippen molar-refractivity contribution < 1.29 is 25.5 Å². The van der Waals surface area contributed by atoms with Crippen LogP contribution in [0.1, 0.15) is 27.0 Å². The molecule has 1 aliphatic heterocycles. The first-order valence-corrected chi connectivity index (χ1v) is 11.4. The summed E-state index contributed by atoms with van der Waals surface area (Å²) in [7, 11) is -3.78. The minimum Gasteiger partial charge on any atom is -0.454 e. The molecule has 2 N–H and O–H groups in total. The summed E-state index contributed by atoms with van der Waals surface area (Å²) in [6, 6.07) is 15.7. The molecule has 1 aliphatic carbocycles. The SMILES string of the molecule is NS(=O)(=O)c1cccc(-c2ccc(CC(=O)C3(c4ccc5c(c4)OCO5)CC3)nc2)c1.[HH].[HH]. The van der Waals surface area contributed by atoms with Gasteiger partial charge in [0.25, 0.3) is 0 Å². The lowest BCUT2D eigenvalue weighted by molar-refractivity contribution is -0.120. The number of benzene rings is 2. The number of Topliss-reactive ketones (excluding diaryl/α,β-unsaturated/α-hetero) is 1. The van der Waals surface area contributed by atoms with Crippen LogP contribution in [0.3, 0.4) is 0 Å². The van der Waals surface area contributed by atoms with Crippen molar-refractivity contribution in [3.8, 4) is 22.6 Å². The summed E-state index contributed by atoms with van der Waals surface area (Å²) in [6.07, 6.45) is 3.49. The average Bonchev–Trinajstić information content (AvgIpc) is 3.45. The summed E-state index contributed by atoms with van der Waals surface area (Å²) in [4.78, 5) is 17.6. The molecule has 0 atom stereocenters. The highest BCUT2D eigenvalue weighted by molar-refractivity contribution is 7.89. The number of sulfonamides is 1. The molecule has 0 saturated heterocycles. The molecule has 3 aromatic rings. The Balaban J connectivity index is 0.00000153. The van der Waals surface area contributed by atoms with Gasteiger partial charge in [-0.05, 0) is 54.3 Å². The summed E-state index contributed by atoms with van der Waals surface area (Å²) >= 11 is 0. The number of nitrogens with zero attached hydrogens (tertiary/aromatic N) is 1. The van der Waals surface area contributed by atoms with E-state index < -0.39 is 15.4 Å². The first-order valence-electron chi connectivity index (χ1n) is 9.87. The number of hydrogen-bond donors (Lipinski definition) is 1. The lowest BCUT2D eigenvalue weighted by Gasteiger charge is -2.15. The van der Waals surface area contributed by atoms with Gasteiger partial charge in [-0.25, -0.2) is 13.6 Å². The Morgan fingerprint density at radius 2 is 1.84 bits per heavy atom. The van der Waals surface area contributed by atoms with Gasteiger partial charge in [0.05, 0.1) is 10.3 Å². The third kappa shape index (κ3) is 3.68. The van der Waals surface area contributed by atoms with E-state index in [1.54, 1.807) is 24.4 Å². The predicted molar refractivity (Wildman–Crippen MR) is 117 cm³/mol. The van der Waals surface area contributed by atoms with Gasteiger partial charge in [0, 0.05) is 26.7 Å². The molecule has 0 amide bonds. The fraction of sp³-hybridized carbons (Fsp3) is 0.217. The molecule has 162 valence electrons. The van der Waals surface area contributed by atoms with Crippen molar-refractivity contribution >= 4 is 15.8 Å². The highest BCUT2D eigenvalue weighted by Crippen LogP contribution is 2.51. The first-order chi connectivity index (χ1) is 14.8. The van der Waals surface area contributed by atoms with Crippen LogP contribution in [-0.2, 0) is 26.7 Å². The molecular weight excluding hydrogens is 416 g/mol. The van der Waals surface area contributed by atoms with E-state index in [0.717, 1.165) is 24.0 Å². The smallest absolute Gasteiger partial charge is 0.238 e. The monoisotopic (exact) mass is 440 g/mol. The van der Waals surface area contributed by atoms with E-state index in [4.69, 9.17) is 14.6 Å². The largest absolute Gasteiger partial charge is 0.454 e. The average molecular weight is 441 g/mol. The molecule has 0 spiro atoms. The number of aromatic nitrogens is 1. The van der Waals surface area contributed by atoms with Crippen LogP contribution in [0.4, 0.5) is 0 Å². The van der Waals surface area contributed by atoms with Gasteiger partial charge in [0.2, 0.25) is 16.8 Å². The summed E-state index contributed by atoms with van der Waals surface area (Å²) in [5, 5.41) is 5.21. The Morgan fingerprint density at radius 3 is 2.55 bits per heavy atom. The topological polar surface area (TPSA) is 109 Å². The molecule has 1 aromatic heterocycles. The van der Waals surface area contributed by atoms with E-state index in [1.807, 2.05) is 24.3 Å². The van der Waals surface area contributed by atoms with Crippen molar-refractivity contribution in [3.05, 3.63) is 72.1 Å². The normalized spacial score (nSPS) is 16.2. The lowest BCUT2D eigenvalue weighted by atomic mass is 9.88. The second kappa shape index (κ2) is 7.18. The van der Waals surface area contributed by atoms with E-state index in [9.17, 15) is 13.2 Å². The second-order valence-corrected chi connectivity index (χ2v) is 9.42. The maximum absolute atomic E-state index is 13.1. The van der Waals surface area contributed by atoms with Gasteiger partial charge in [-0.2, -0.15) is 0 Å². The molecule has 1 fully saturated rings. The molecule has 7 nitrogen and oxygen atoms in total. The third-order valence-corrected chi connectivity index (χ3v) is 6.78. The van der Waals surface area contributed by atoms with Gasteiger partial charge in [-0.3, -0.25) is 9.78 Å². The zero-order valence-corrected chi connectivity index (χ0v) is 17.4. The molecule has 0 bridgehead atoms. The Morgan fingerprint density at radius 1 is 1.03 bits per heavy atom. The van der Waals surface area contributed by atoms with Crippen molar-refractivity contribution in [1.29, 1.82) is 0 Å². The number of hydrogen-bond acceptors (Lipinski definition) is 6. The number of carbonyl (C=O) groups excluding carboxylic acids is 1. The van der Waals surface area contributed by atoms with Crippen molar-refractivity contribution in [1.82, 2.24) is 4.98 Å². The highest BCUT2D eigenvalue weighted by atomic mass is 32.2. The van der Waals surface area contributed by atoms with Crippen LogP contribution in [0.15, 0.2) is 65.7 Å². The fourth-order valence-electron chi connectivity index (χ4n) is 3.93. The summed E-state index contributed by atoms with van der Waals surface area (Å²) in [5.74, 6) is 1.51. The van der Waals surface area contributed by atoms with Crippen molar-refractivity contribution in [2.75, 3.05) is 6.79 Å². The van der Waals surface area contributed by atoms with Crippen molar-refractivity contribution in [2.45, 2.75) is 29.6 Å². The van der Waals surface area contributed by atoms with E-state index in [2.05, 4.69) is 4.98 Å². The number of primary sulfonamides is 1. The van der Waals surface area contributed by atoms with Crippen LogP contribution >= 0.6 is 0 Å². The molecule has 31 heavy (non-hydrogen) atoms. The Kier molecular flexibility index (Phi) is 4.56. The van der Waals surface area contributed by atoms with E-state index in [0.29, 0.717) is 22.8 Å². The number of nitrogens with two attached hydrogens (primary N) is 1. The van der Waals surface area contributed by atoms with Crippen molar-refractivity contribution in [2.24, 2.45) is 5.14 Å². The number of ether oxygens (including phenoxy) is 2. The van der Waals surface area contributed by atoms with Crippen LogP contribution < -0.4 is 14.6 Å². The van der Waals surface area contributed by atoms with Gasteiger partial charge in [0.1, 0.15) is 5.78 Å². The molecule has 0 radical (unpaired) electrons.